The van der Waals surface area contributed by atoms with Crippen molar-refractivity contribution in [3.05, 3.63) is 12.3 Å². The highest BCUT2D eigenvalue weighted by molar-refractivity contribution is 6.62. The second-order valence-corrected chi connectivity index (χ2v) is 7.64. The lowest BCUT2D eigenvalue weighted by Crippen LogP contribution is -2.41. The zero-order valence-electron chi connectivity index (χ0n) is 14.9. The van der Waals surface area contributed by atoms with Gasteiger partial charge in [-0.1, -0.05) is 0 Å². The van der Waals surface area contributed by atoms with Crippen molar-refractivity contribution in [2.75, 3.05) is 0 Å². The molecule has 1 aromatic heterocycles. The maximum Gasteiger partial charge on any atom is 0.496 e. The number of pyridine rings is 1. The van der Waals surface area contributed by atoms with Crippen LogP contribution in [0.2, 0.25) is 0 Å². The predicted octanol–water partition coefficient (Wildman–Crippen LogP) is 2.71. The number of aromatic nitrogens is 1. The minimum atomic E-state index is -0.442. The van der Waals surface area contributed by atoms with Crippen molar-refractivity contribution >= 4 is 12.6 Å². The van der Waals surface area contributed by atoms with Gasteiger partial charge in [-0.2, -0.15) is 0 Å². The lowest BCUT2D eigenvalue weighted by atomic mass is 9.80. The van der Waals surface area contributed by atoms with Gasteiger partial charge in [0, 0.05) is 11.7 Å². The molecule has 2 aliphatic rings. The third kappa shape index (κ3) is 3.48. The van der Waals surface area contributed by atoms with Gasteiger partial charge in [-0.25, -0.2) is 4.98 Å². The van der Waals surface area contributed by atoms with Crippen LogP contribution in [0.25, 0.3) is 0 Å². The van der Waals surface area contributed by atoms with Gasteiger partial charge in [-0.3, -0.25) is 0 Å². The fourth-order valence-electron chi connectivity index (χ4n) is 2.32. The highest BCUT2D eigenvalue weighted by atomic mass is 16.7. The number of hydrogen-bond donors (Lipinski definition) is 0. The molecule has 1 aliphatic carbocycles. The van der Waals surface area contributed by atoms with Gasteiger partial charge >= 0.3 is 7.12 Å². The molecule has 0 bridgehead atoms. The van der Waals surface area contributed by atoms with Crippen molar-refractivity contribution in [2.24, 2.45) is 0 Å². The normalized spacial score (nSPS) is 22.5. The number of hydrogen-bond acceptors (Lipinski definition) is 5. The molecule has 5 nitrogen and oxygen atoms in total. The summed E-state index contributed by atoms with van der Waals surface area (Å²) in [5.74, 6) is 1.21. The second-order valence-electron chi connectivity index (χ2n) is 7.64. The van der Waals surface area contributed by atoms with Crippen LogP contribution in [0.1, 0.15) is 54.4 Å². The Morgan fingerprint density at radius 3 is 2.30 bits per heavy atom. The predicted molar refractivity (Wildman–Crippen MR) is 89.4 cm³/mol. The maximum atomic E-state index is 6.09. The molecule has 0 spiro atoms. The number of ether oxygens (including phenoxy) is 2. The first-order valence-corrected chi connectivity index (χ1v) is 8.37. The largest absolute Gasteiger partial charge is 0.496 e. The van der Waals surface area contributed by atoms with Crippen LogP contribution in [0, 0.1) is 0 Å². The summed E-state index contributed by atoms with van der Waals surface area (Å²) in [6, 6.07) is 1.94. The first-order chi connectivity index (χ1) is 10.7. The van der Waals surface area contributed by atoms with E-state index in [-0.39, 0.29) is 23.4 Å². The van der Waals surface area contributed by atoms with Crippen molar-refractivity contribution in [3.63, 3.8) is 0 Å². The Kier molecular flexibility index (Phi) is 4.09. The van der Waals surface area contributed by atoms with Gasteiger partial charge in [0.05, 0.1) is 23.4 Å². The van der Waals surface area contributed by atoms with E-state index in [2.05, 4.69) is 4.98 Å². The van der Waals surface area contributed by atoms with E-state index in [4.69, 9.17) is 18.8 Å². The average Bonchev–Trinajstić information content (AvgIpc) is 3.19. The van der Waals surface area contributed by atoms with Crippen molar-refractivity contribution in [1.29, 1.82) is 0 Å². The van der Waals surface area contributed by atoms with Gasteiger partial charge in [0.25, 0.3) is 5.88 Å². The standard InChI is InChI=1S/C17H26BNO4/c1-11(2)20-15-14(21-13-7-8-13)9-12(10-19-15)18-22-16(3,4)17(5,6)23-18/h9-11,13H,7-8H2,1-6H3. The summed E-state index contributed by atoms with van der Waals surface area (Å²) >= 11 is 0. The summed E-state index contributed by atoms with van der Waals surface area (Å²) in [4.78, 5) is 4.43. The molecule has 1 saturated heterocycles. The van der Waals surface area contributed by atoms with Gasteiger partial charge in [-0.15, -0.1) is 0 Å². The van der Waals surface area contributed by atoms with Gasteiger partial charge in [0.1, 0.15) is 0 Å². The molecular formula is C17H26BNO4. The van der Waals surface area contributed by atoms with Crippen LogP contribution in [0.15, 0.2) is 12.3 Å². The number of rotatable bonds is 5. The molecule has 3 rings (SSSR count). The fourth-order valence-corrected chi connectivity index (χ4v) is 2.32. The van der Waals surface area contributed by atoms with Crippen LogP contribution in [-0.2, 0) is 9.31 Å². The molecule has 126 valence electrons. The van der Waals surface area contributed by atoms with E-state index in [1.165, 1.54) is 0 Å². The van der Waals surface area contributed by atoms with Crippen molar-refractivity contribution in [2.45, 2.75) is 77.8 Å². The molecule has 0 amide bonds. The molecule has 23 heavy (non-hydrogen) atoms. The van der Waals surface area contributed by atoms with E-state index in [1.54, 1.807) is 6.20 Å². The molecule has 0 radical (unpaired) electrons. The minimum Gasteiger partial charge on any atom is -0.485 e. The quantitative estimate of drug-likeness (QED) is 0.781. The monoisotopic (exact) mass is 319 g/mol. The third-order valence-corrected chi connectivity index (χ3v) is 4.53. The van der Waals surface area contributed by atoms with Gasteiger partial charge in [0.15, 0.2) is 5.75 Å². The number of nitrogens with zero attached hydrogens (tertiary/aromatic N) is 1. The first-order valence-electron chi connectivity index (χ1n) is 8.37. The van der Waals surface area contributed by atoms with Crippen molar-refractivity contribution in [3.8, 4) is 11.6 Å². The van der Waals surface area contributed by atoms with Crippen molar-refractivity contribution in [1.82, 2.24) is 4.98 Å². The lowest BCUT2D eigenvalue weighted by Gasteiger charge is -2.32. The Labute approximate surface area is 138 Å². The van der Waals surface area contributed by atoms with Crippen LogP contribution >= 0.6 is 0 Å². The van der Waals surface area contributed by atoms with Gasteiger partial charge in [-0.05, 0) is 60.5 Å². The Morgan fingerprint density at radius 1 is 1.17 bits per heavy atom. The third-order valence-electron chi connectivity index (χ3n) is 4.53. The summed E-state index contributed by atoms with van der Waals surface area (Å²) in [7, 11) is -0.442. The zero-order valence-corrected chi connectivity index (χ0v) is 14.9. The molecule has 0 atom stereocenters. The van der Waals surface area contributed by atoms with Crippen LogP contribution in [-0.4, -0.2) is 35.5 Å². The van der Waals surface area contributed by atoms with Crippen LogP contribution in [0.3, 0.4) is 0 Å². The molecule has 1 aromatic rings. The Bertz CT molecular complexity index is 568. The summed E-state index contributed by atoms with van der Waals surface area (Å²) in [6.07, 6.45) is 4.25. The topological polar surface area (TPSA) is 49.8 Å². The molecule has 1 saturated carbocycles. The van der Waals surface area contributed by atoms with Gasteiger partial charge < -0.3 is 18.8 Å². The fraction of sp³-hybridized carbons (Fsp3) is 0.706. The van der Waals surface area contributed by atoms with Crippen LogP contribution in [0.5, 0.6) is 11.6 Å². The molecule has 2 fully saturated rings. The van der Waals surface area contributed by atoms with E-state index in [0.29, 0.717) is 11.6 Å². The lowest BCUT2D eigenvalue weighted by molar-refractivity contribution is 0.00578. The molecule has 6 heteroatoms. The highest BCUT2D eigenvalue weighted by Gasteiger charge is 2.52. The van der Waals surface area contributed by atoms with E-state index < -0.39 is 7.12 Å². The summed E-state index contributed by atoms with van der Waals surface area (Å²) in [5, 5.41) is 0. The molecular weight excluding hydrogens is 293 g/mol. The smallest absolute Gasteiger partial charge is 0.485 e. The molecule has 1 aliphatic heterocycles. The van der Waals surface area contributed by atoms with Crippen LogP contribution < -0.4 is 14.9 Å². The second kappa shape index (κ2) is 5.67. The molecule has 0 unspecified atom stereocenters. The van der Waals surface area contributed by atoms with E-state index in [9.17, 15) is 0 Å². The van der Waals surface area contributed by atoms with Gasteiger partial charge in [0.2, 0.25) is 0 Å². The van der Waals surface area contributed by atoms with Crippen LogP contribution in [0.4, 0.5) is 0 Å². The molecule has 0 N–H and O–H groups in total. The molecule has 2 heterocycles. The summed E-state index contributed by atoms with van der Waals surface area (Å²) in [5.41, 5.74) is 0.111. The van der Waals surface area contributed by atoms with Crippen molar-refractivity contribution < 1.29 is 18.8 Å². The highest BCUT2D eigenvalue weighted by Crippen LogP contribution is 2.37. The van der Waals surface area contributed by atoms with E-state index >= 15 is 0 Å². The maximum absolute atomic E-state index is 6.09. The SMILES string of the molecule is CC(C)Oc1ncc(B2OC(C)(C)C(C)(C)O2)cc1OC1CC1. The zero-order chi connectivity index (χ0) is 16.8. The Hall–Kier alpha value is -1.27. The summed E-state index contributed by atoms with van der Waals surface area (Å²) in [6.45, 7) is 12.1. The molecule has 0 aromatic carbocycles. The first kappa shape index (κ1) is 16.6. The Morgan fingerprint density at radius 2 is 1.78 bits per heavy atom. The minimum absolute atomic E-state index is 0.0479. The summed E-state index contributed by atoms with van der Waals surface area (Å²) < 4.78 is 23.9. The average molecular weight is 319 g/mol. The van der Waals surface area contributed by atoms with E-state index in [1.807, 2.05) is 47.6 Å². The Balaban J connectivity index is 1.85. The van der Waals surface area contributed by atoms with E-state index in [0.717, 1.165) is 18.3 Å².